The van der Waals surface area contributed by atoms with E-state index in [1.165, 1.54) is 17.0 Å². The Kier molecular flexibility index (Phi) is 4.61. The van der Waals surface area contributed by atoms with Crippen molar-refractivity contribution >= 4 is 11.3 Å². The van der Waals surface area contributed by atoms with Gasteiger partial charge in [0.25, 0.3) is 0 Å². The van der Waals surface area contributed by atoms with Crippen LogP contribution in [0.3, 0.4) is 0 Å². The number of nitrogens with one attached hydrogen (secondary N) is 1. The second kappa shape index (κ2) is 6.21. The maximum atomic E-state index is 12.4. The molecule has 1 heterocycles. The summed E-state index contributed by atoms with van der Waals surface area (Å²) in [5, 5.41) is 5.29. The number of benzene rings is 1. The number of halogens is 3. The van der Waals surface area contributed by atoms with Crippen LogP contribution in [0.5, 0.6) is 0 Å². The van der Waals surface area contributed by atoms with Crippen LogP contribution in [0.2, 0.25) is 0 Å². The lowest BCUT2D eigenvalue weighted by molar-refractivity contribution is -0.137. The van der Waals surface area contributed by atoms with Gasteiger partial charge in [0.05, 0.1) is 5.56 Å². The van der Waals surface area contributed by atoms with Gasteiger partial charge in [-0.2, -0.15) is 13.2 Å². The number of hydrogen-bond donors (Lipinski definition) is 1. The summed E-state index contributed by atoms with van der Waals surface area (Å²) in [4.78, 5) is 1.26. The molecule has 0 atom stereocenters. The van der Waals surface area contributed by atoms with E-state index in [2.05, 4.69) is 11.4 Å². The minimum Gasteiger partial charge on any atom is -0.312 e. The van der Waals surface area contributed by atoms with Crippen LogP contribution in [0.15, 0.2) is 41.8 Å². The molecule has 0 aliphatic carbocycles. The van der Waals surface area contributed by atoms with Crippen molar-refractivity contribution in [3.63, 3.8) is 0 Å². The summed E-state index contributed by atoms with van der Waals surface area (Å²) < 4.78 is 37.1. The standard InChI is InChI=1S/C14H14F3NS/c15-14(16,17)12-5-3-11(4-6-12)7-8-18-10-13-2-1-9-19-13/h1-6,9,18H,7-8,10H2. The third kappa shape index (κ3) is 4.36. The zero-order chi connectivity index (χ0) is 13.7. The van der Waals surface area contributed by atoms with Crippen LogP contribution < -0.4 is 5.32 Å². The van der Waals surface area contributed by atoms with E-state index in [4.69, 9.17) is 0 Å². The van der Waals surface area contributed by atoms with Crippen molar-refractivity contribution in [3.05, 3.63) is 57.8 Å². The first-order chi connectivity index (χ1) is 9.05. The quantitative estimate of drug-likeness (QED) is 0.816. The van der Waals surface area contributed by atoms with E-state index in [1.807, 2.05) is 11.4 Å². The highest BCUT2D eigenvalue weighted by Gasteiger charge is 2.29. The fourth-order valence-corrected chi connectivity index (χ4v) is 2.39. The highest BCUT2D eigenvalue weighted by molar-refractivity contribution is 7.09. The topological polar surface area (TPSA) is 12.0 Å². The van der Waals surface area contributed by atoms with Gasteiger partial charge in [0.1, 0.15) is 0 Å². The Hall–Kier alpha value is -1.33. The molecule has 0 saturated carbocycles. The maximum absolute atomic E-state index is 12.4. The predicted octanol–water partition coefficient (Wildman–Crippen LogP) is 4.10. The first-order valence-corrected chi connectivity index (χ1v) is 6.83. The molecular weight excluding hydrogens is 271 g/mol. The Morgan fingerprint density at radius 2 is 1.79 bits per heavy atom. The molecule has 2 aromatic rings. The van der Waals surface area contributed by atoms with Gasteiger partial charge in [0.2, 0.25) is 0 Å². The molecule has 0 aliphatic rings. The van der Waals surface area contributed by atoms with E-state index >= 15 is 0 Å². The number of thiophene rings is 1. The van der Waals surface area contributed by atoms with Crippen LogP contribution in [0.4, 0.5) is 13.2 Å². The van der Waals surface area contributed by atoms with Crippen molar-refractivity contribution in [3.8, 4) is 0 Å². The molecule has 19 heavy (non-hydrogen) atoms. The zero-order valence-corrected chi connectivity index (χ0v) is 11.0. The molecule has 0 spiro atoms. The van der Waals surface area contributed by atoms with Crippen molar-refractivity contribution in [1.29, 1.82) is 0 Å². The molecular formula is C14H14F3NS. The Labute approximate surface area is 114 Å². The largest absolute Gasteiger partial charge is 0.416 e. The Morgan fingerprint density at radius 3 is 2.37 bits per heavy atom. The van der Waals surface area contributed by atoms with Gasteiger partial charge in [-0.25, -0.2) is 0 Å². The number of alkyl halides is 3. The van der Waals surface area contributed by atoms with Crippen molar-refractivity contribution in [1.82, 2.24) is 5.32 Å². The molecule has 0 saturated heterocycles. The highest BCUT2D eigenvalue weighted by Crippen LogP contribution is 2.29. The van der Waals surface area contributed by atoms with Gasteiger partial charge in [-0.1, -0.05) is 18.2 Å². The molecule has 0 aliphatic heterocycles. The van der Waals surface area contributed by atoms with Gasteiger partial charge in [-0.05, 0) is 42.1 Å². The SMILES string of the molecule is FC(F)(F)c1ccc(CCNCc2cccs2)cc1. The van der Waals surface area contributed by atoms with Crippen LogP contribution in [0, 0.1) is 0 Å². The molecule has 1 nitrogen and oxygen atoms in total. The van der Waals surface area contributed by atoms with Gasteiger partial charge in [0.15, 0.2) is 0 Å². The van der Waals surface area contributed by atoms with E-state index in [9.17, 15) is 13.2 Å². The molecule has 5 heteroatoms. The van der Waals surface area contributed by atoms with E-state index in [0.29, 0.717) is 0 Å². The molecule has 1 N–H and O–H groups in total. The second-order valence-corrected chi connectivity index (χ2v) is 5.23. The fraction of sp³-hybridized carbons (Fsp3) is 0.286. The molecule has 0 radical (unpaired) electrons. The highest BCUT2D eigenvalue weighted by atomic mass is 32.1. The van der Waals surface area contributed by atoms with Crippen LogP contribution in [-0.4, -0.2) is 6.54 Å². The lowest BCUT2D eigenvalue weighted by Gasteiger charge is -2.08. The van der Waals surface area contributed by atoms with Crippen LogP contribution >= 0.6 is 11.3 Å². The van der Waals surface area contributed by atoms with Crippen LogP contribution in [0.25, 0.3) is 0 Å². The molecule has 0 fully saturated rings. The number of hydrogen-bond acceptors (Lipinski definition) is 2. The molecule has 2 rings (SSSR count). The molecule has 0 bridgehead atoms. The summed E-state index contributed by atoms with van der Waals surface area (Å²) in [6.07, 6.45) is -3.53. The van der Waals surface area contributed by atoms with Crippen LogP contribution in [0.1, 0.15) is 16.0 Å². The molecule has 0 amide bonds. The smallest absolute Gasteiger partial charge is 0.312 e. The molecule has 0 unspecified atom stereocenters. The lowest BCUT2D eigenvalue weighted by atomic mass is 10.1. The minimum atomic E-state index is -4.25. The monoisotopic (exact) mass is 285 g/mol. The summed E-state index contributed by atoms with van der Waals surface area (Å²) >= 11 is 1.69. The van der Waals surface area contributed by atoms with Gasteiger partial charge < -0.3 is 5.32 Å². The normalized spacial score (nSPS) is 11.7. The Bertz CT molecular complexity index is 488. The molecule has 1 aromatic heterocycles. The average Bonchev–Trinajstić information content (AvgIpc) is 2.87. The maximum Gasteiger partial charge on any atom is 0.416 e. The van der Waals surface area contributed by atoms with Crippen molar-refractivity contribution in [2.45, 2.75) is 19.1 Å². The predicted molar refractivity (Wildman–Crippen MR) is 71.2 cm³/mol. The van der Waals surface area contributed by atoms with Crippen molar-refractivity contribution in [2.24, 2.45) is 0 Å². The van der Waals surface area contributed by atoms with E-state index in [-0.39, 0.29) is 0 Å². The Balaban J connectivity index is 1.77. The summed E-state index contributed by atoms with van der Waals surface area (Å²) in [5.74, 6) is 0. The summed E-state index contributed by atoms with van der Waals surface area (Å²) in [6.45, 7) is 1.56. The molecule has 1 aromatic carbocycles. The van der Waals surface area contributed by atoms with Gasteiger partial charge in [-0.3, -0.25) is 0 Å². The average molecular weight is 285 g/mol. The van der Waals surface area contributed by atoms with E-state index in [0.717, 1.165) is 37.2 Å². The third-order valence-electron chi connectivity index (χ3n) is 2.75. The summed E-state index contributed by atoms with van der Waals surface area (Å²) in [5.41, 5.74) is 0.314. The lowest BCUT2D eigenvalue weighted by Crippen LogP contribution is -2.16. The summed E-state index contributed by atoms with van der Waals surface area (Å²) in [7, 11) is 0. The van der Waals surface area contributed by atoms with E-state index in [1.54, 1.807) is 11.3 Å². The van der Waals surface area contributed by atoms with Gasteiger partial charge in [-0.15, -0.1) is 11.3 Å². The number of rotatable bonds is 5. The van der Waals surface area contributed by atoms with Gasteiger partial charge >= 0.3 is 6.18 Å². The fourth-order valence-electron chi connectivity index (χ4n) is 1.72. The van der Waals surface area contributed by atoms with Crippen molar-refractivity contribution < 1.29 is 13.2 Å². The zero-order valence-electron chi connectivity index (χ0n) is 10.2. The first-order valence-electron chi connectivity index (χ1n) is 5.95. The Morgan fingerprint density at radius 1 is 1.05 bits per heavy atom. The van der Waals surface area contributed by atoms with Crippen LogP contribution in [-0.2, 0) is 19.1 Å². The summed E-state index contributed by atoms with van der Waals surface area (Å²) in [6, 6.07) is 9.39. The second-order valence-electron chi connectivity index (χ2n) is 4.20. The van der Waals surface area contributed by atoms with Crippen molar-refractivity contribution in [2.75, 3.05) is 6.54 Å². The minimum absolute atomic E-state index is 0.595. The molecule has 102 valence electrons. The first kappa shape index (κ1) is 14.1. The van der Waals surface area contributed by atoms with E-state index < -0.39 is 11.7 Å². The third-order valence-corrected chi connectivity index (χ3v) is 3.63. The van der Waals surface area contributed by atoms with Gasteiger partial charge in [0, 0.05) is 11.4 Å².